The lowest BCUT2D eigenvalue weighted by atomic mass is 9.76. The zero-order valence-corrected chi connectivity index (χ0v) is 11.7. The Kier molecular flexibility index (Phi) is 3.53. The van der Waals surface area contributed by atoms with Gasteiger partial charge in [-0.05, 0) is 25.0 Å². The molecular weight excluding hydrogens is 258 g/mol. The summed E-state index contributed by atoms with van der Waals surface area (Å²) in [5, 5.41) is 3.08. The number of amides is 1. The average molecular weight is 277 g/mol. The lowest BCUT2D eigenvalue weighted by Gasteiger charge is -2.39. The quantitative estimate of drug-likeness (QED) is 0.908. The number of carbonyl (C=O) groups excluding carboxylic acids is 1. The van der Waals surface area contributed by atoms with Crippen molar-refractivity contribution in [2.75, 3.05) is 20.8 Å². The molecule has 1 heterocycles. The normalized spacial score (nSPS) is 27.4. The van der Waals surface area contributed by atoms with Gasteiger partial charge >= 0.3 is 0 Å². The van der Waals surface area contributed by atoms with E-state index in [1.165, 1.54) is 0 Å². The van der Waals surface area contributed by atoms with E-state index in [2.05, 4.69) is 5.32 Å². The first-order valence-electron chi connectivity index (χ1n) is 6.87. The summed E-state index contributed by atoms with van der Waals surface area (Å²) in [5.74, 6) is 1.62. The fraction of sp³-hybridized carbons (Fsp3) is 0.533. The highest BCUT2D eigenvalue weighted by molar-refractivity contribution is 5.95. The van der Waals surface area contributed by atoms with Crippen LogP contribution in [0.15, 0.2) is 18.2 Å². The van der Waals surface area contributed by atoms with E-state index in [1.807, 2.05) is 0 Å². The Balaban J connectivity index is 1.70. The summed E-state index contributed by atoms with van der Waals surface area (Å²) in [6.45, 7) is 0.814. The van der Waals surface area contributed by atoms with Crippen LogP contribution in [0.25, 0.3) is 0 Å². The number of hydrogen-bond acceptors (Lipinski definition) is 4. The first kappa shape index (κ1) is 13.2. The first-order chi connectivity index (χ1) is 9.71. The lowest BCUT2D eigenvalue weighted by molar-refractivity contribution is 0.00809. The molecule has 2 aliphatic rings. The highest BCUT2D eigenvalue weighted by Gasteiger charge is 2.45. The smallest absolute Gasteiger partial charge is 0.251 e. The molecule has 0 spiro atoms. The zero-order chi connectivity index (χ0) is 14.1. The van der Waals surface area contributed by atoms with E-state index >= 15 is 0 Å². The Morgan fingerprint density at radius 3 is 2.55 bits per heavy atom. The molecule has 1 N–H and O–H groups in total. The number of nitrogens with one attached hydrogen (secondary N) is 1. The van der Waals surface area contributed by atoms with E-state index in [1.54, 1.807) is 32.4 Å². The third-order valence-electron chi connectivity index (χ3n) is 4.19. The second-order valence-corrected chi connectivity index (χ2v) is 5.28. The maximum absolute atomic E-state index is 12.3. The molecular formula is C15H19NO4. The molecule has 1 saturated carbocycles. The van der Waals surface area contributed by atoms with Gasteiger partial charge in [0.05, 0.1) is 20.3 Å². The zero-order valence-electron chi connectivity index (χ0n) is 11.7. The SMILES string of the molecule is COc1cc(OC)cc(C(=O)N[C@H]2C[C@@H]3OCC[C@H]23)c1. The number of benzene rings is 1. The maximum Gasteiger partial charge on any atom is 0.251 e. The topological polar surface area (TPSA) is 56.8 Å². The Labute approximate surface area is 118 Å². The van der Waals surface area contributed by atoms with Crippen LogP contribution in [0.3, 0.4) is 0 Å². The third kappa shape index (κ3) is 2.33. The summed E-state index contributed by atoms with van der Waals surface area (Å²) in [6.07, 6.45) is 2.30. The molecule has 20 heavy (non-hydrogen) atoms. The van der Waals surface area contributed by atoms with Crippen molar-refractivity contribution in [2.24, 2.45) is 5.92 Å². The summed E-state index contributed by atoms with van der Waals surface area (Å²) in [5.41, 5.74) is 0.559. The van der Waals surface area contributed by atoms with Gasteiger partial charge in [-0.2, -0.15) is 0 Å². The van der Waals surface area contributed by atoms with Crippen molar-refractivity contribution >= 4 is 5.91 Å². The van der Waals surface area contributed by atoms with E-state index in [-0.39, 0.29) is 11.9 Å². The van der Waals surface area contributed by atoms with Crippen LogP contribution in [0.4, 0.5) is 0 Å². The van der Waals surface area contributed by atoms with Gasteiger partial charge in [-0.3, -0.25) is 4.79 Å². The summed E-state index contributed by atoms with van der Waals surface area (Å²) >= 11 is 0. The van der Waals surface area contributed by atoms with E-state index in [0.29, 0.717) is 29.1 Å². The maximum atomic E-state index is 12.3. The fourth-order valence-electron chi connectivity index (χ4n) is 2.95. The third-order valence-corrected chi connectivity index (χ3v) is 4.19. The molecule has 5 nitrogen and oxygen atoms in total. The molecule has 1 aliphatic heterocycles. The number of carbonyl (C=O) groups is 1. The number of methoxy groups -OCH3 is 2. The van der Waals surface area contributed by atoms with Crippen molar-refractivity contribution in [3.05, 3.63) is 23.8 Å². The van der Waals surface area contributed by atoms with Gasteiger partial charge in [-0.15, -0.1) is 0 Å². The fourth-order valence-corrected chi connectivity index (χ4v) is 2.95. The molecule has 1 aromatic carbocycles. The largest absolute Gasteiger partial charge is 0.497 e. The number of rotatable bonds is 4. The molecule has 108 valence electrons. The molecule has 3 rings (SSSR count). The molecule has 0 bridgehead atoms. The monoisotopic (exact) mass is 277 g/mol. The second kappa shape index (κ2) is 5.32. The molecule has 1 saturated heterocycles. The molecule has 0 unspecified atom stereocenters. The van der Waals surface area contributed by atoms with Crippen LogP contribution >= 0.6 is 0 Å². The molecule has 1 aliphatic carbocycles. The Morgan fingerprint density at radius 2 is 1.95 bits per heavy atom. The summed E-state index contributed by atoms with van der Waals surface area (Å²) < 4.78 is 15.9. The van der Waals surface area contributed by atoms with Crippen LogP contribution in [0.5, 0.6) is 11.5 Å². The number of fused-ring (bicyclic) bond motifs is 1. The average Bonchev–Trinajstić information content (AvgIpc) is 2.85. The van der Waals surface area contributed by atoms with Crippen molar-refractivity contribution < 1.29 is 19.0 Å². The minimum atomic E-state index is -0.0856. The van der Waals surface area contributed by atoms with Gasteiger partial charge in [0, 0.05) is 30.2 Å². The van der Waals surface area contributed by atoms with Crippen molar-refractivity contribution in [1.82, 2.24) is 5.32 Å². The highest BCUT2D eigenvalue weighted by Crippen LogP contribution is 2.38. The highest BCUT2D eigenvalue weighted by atomic mass is 16.5. The van der Waals surface area contributed by atoms with Gasteiger partial charge in [-0.1, -0.05) is 0 Å². The second-order valence-electron chi connectivity index (χ2n) is 5.28. The lowest BCUT2D eigenvalue weighted by Crippen LogP contribution is -2.53. The first-order valence-corrected chi connectivity index (χ1v) is 6.87. The van der Waals surface area contributed by atoms with Crippen LogP contribution in [0, 0.1) is 5.92 Å². The van der Waals surface area contributed by atoms with Crippen molar-refractivity contribution in [3.63, 3.8) is 0 Å². The van der Waals surface area contributed by atoms with Gasteiger partial charge in [0.2, 0.25) is 0 Å². The van der Waals surface area contributed by atoms with E-state index in [4.69, 9.17) is 14.2 Å². The molecule has 1 amide bonds. The number of hydrogen-bond donors (Lipinski definition) is 1. The van der Waals surface area contributed by atoms with Crippen molar-refractivity contribution in [3.8, 4) is 11.5 Å². The number of ether oxygens (including phenoxy) is 3. The molecule has 3 atom stereocenters. The summed E-state index contributed by atoms with van der Waals surface area (Å²) in [6, 6.07) is 5.42. The molecule has 0 radical (unpaired) electrons. The Morgan fingerprint density at radius 1 is 1.25 bits per heavy atom. The van der Waals surface area contributed by atoms with Gasteiger partial charge in [0.25, 0.3) is 5.91 Å². The van der Waals surface area contributed by atoms with Gasteiger partial charge in [-0.25, -0.2) is 0 Å². The minimum Gasteiger partial charge on any atom is -0.497 e. The van der Waals surface area contributed by atoms with E-state index in [0.717, 1.165) is 19.4 Å². The standard InChI is InChI=1S/C15H19NO4/c1-18-10-5-9(6-11(7-10)19-2)15(17)16-13-8-14-12(13)3-4-20-14/h5-7,12-14H,3-4,8H2,1-2H3,(H,16,17)/t12-,13+,14+/m1/s1. The molecule has 5 heteroatoms. The Bertz CT molecular complexity index is 494. The minimum absolute atomic E-state index is 0.0856. The molecule has 1 aromatic rings. The van der Waals surface area contributed by atoms with Crippen molar-refractivity contribution in [2.45, 2.75) is 25.0 Å². The Hall–Kier alpha value is -1.75. The molecule has 2 fully saturated rings. The van der Waals surface area contributed by atoms with Gasteiger partial charge < -0.3 is 19.5 Å². The summed E-state index contributed by atoms with van der Waals surface area (Å²) in [4.78, 5) is 12.3. The molecule has 0 aromatic heterocycles. The predicted octanol–water partition coefficient (Wildman–Crippen LogP) is 1.61. The van der Waals surface area contributed by atoms with E-state index in [9.17, 15) is 4.79 Å². The van der Waals surface area contributed by atoms with E-state index < -0.39 is 0 Å². The van der Waals surface area contributed by atoms with Crippen LogP contribution < -0.4 is 14.8 Å². The van der Waals surface area contributed by atoms with Gasteiger partial charge in [0.1, 0.15) is 11.5 Å². The van der Waals surface area contributed by atoms with Crippen LogP contribution in [-0.4, -0.2) is 38.9 Å². The van der Waals surface area contributed by atoms with Crippen LogP contribution in [0.1, 0.15) is 23.2 Å². The van der Waals surface area contributed by atoms with Gasteiger partial charge in [0.15, 0.2) is 0 Å². The predicted molar refractivity (Wildman–Crippen MR) is 73.3 cm³/mol. The van der Waals surface area contributed by atoms with Crippen molar-refractivity contribution in [1.29, 1.82) is 0 Å². The van der Waals surface area contributed by atoms with Crippen LogP contribution in [-0.2, 0) is 4.74 Å². The van der Waals surface area contributed by atoms with Crippen LogP contribution in [0.2, 0.25) is 0 Å². The summed E-state index contributed by atoms with van der Waals surface area (Å²) in [7, 11) is 3.14.